The van der Waals surface area contributed by atoms with E-state index in [0.29, 0.717) is 48.1 Å². The van der Waals surface area contributed by atoms with Crippen LogP contribution in [0.5, 0.6) is 5.88 Å². The number of amides is 3. The molecule has 1 saturated heterocycles. The van der Waals surface area contributed by atoms with Gasteiger partial charge in [-0.3, -0.25) is 19.1 Å². The van der Waals surface area contributed by atoms with Crippen LogP contribution >= 0.6 is 11.3 Å². The van der Waals surface area contributed by atoms with E-state index >= 15 is 0 Å². The van der Waals surface area contributed by atoms with Crippen molar-refractivity contribution in [1.29, 1.82) is 0 Å². The minimum absolute atomic E-state index is 0.0766. The topological polar surface area (TPSA) is 169 Å². The first-order chi connectivity index (χ1) is 23.7. The van der Waals surface area contributed by atoms with Crippen LogP contribution in [-0.4, -0.2) is 83.7 Å². The number of ether oxygens (including phenoxy) is 1. The van der Waals surface area contributed by atoms with E-state index in [1.165, 1.54) is 16.2 Å². The number of nitrogens with zero attached hydrogens (tertiary/aromatic N) is 5. The number of hydrogen-bond acceptors (Lipinski definition) is 9. The van der Waals surface area contributed by atoms with Crippen LogP contribution in [0.3, 0.4) is 0 Å². The minimum Gasteiger partial charge on any atom is -0.479 e. The molecule has 3 N–H and O–H groups in total. The maximum Gasteiger partial charge on any atom is 0.330 e. The molecule has 260 valence electrons. The minimum atomic E-state index is -1.41. The van der Waals surface area contributed by atoms with E-state index in [2.05, 4.69) is 15.7 Å². The predicted molar refractivity (Wildman–Crippen MR) is 181 cm³/mol. The number of carbonyl (C=O) groups is 4. The smallest absolute Gasteiger partial charge is 0.330 e. The summed E-state index contributed by atoms with van der Waals surface area (Å²) in [5.41, 5.74) is -0.00618. The van der Waals surface area contributed by atoms with Gasteiger partial charge in [0.25, 0.3) is 0 Å². The van der Waals surface area contributed by atoms with Gasteiger partial charge < -0.3 is 25.4 Å². The zero-order valence-electron chi connectivity index (χ0n) is 27.7. The van der Waals surface area contributed by atoms with Gasteiger partial charge in [-0.05, 0) is 62.0 Å². The summed E-state index contributed by atoms with van der Waals surface area (Å²) in [6.45, 7) is 0.0766. The Morgan fingerprint density at radius 2 is 1.94 bits per heavy atom. The highest BCUT2D eigenvalue weighted by molar-refractivity contribution is 7.17. The van der Waals surface area contributed by atoms with Gasteiger partial charge >= 0.3 is 5.97 Å². The number of hydrogen-bond donors (Lipinski definition) is 3. The largest absolute Gasteiger partial charge is 0.479 e. The molecule has 49 heavy (non-hydrogen) atoms. The Balaban J connectivity index is 1.18. The number of fused-ring (bicyclic) bond motifs is 3. The molecule has 2 aliphatic heterocycles. The molecule has 5 atom stereocenters. The number of thiophene rings is 1. The summed E-state index contributed by atoms with van der Waals surface area (Å²) in [6.07, 6.45) is 13.7. The fraction of sp³-hybridized carbons (Fsp3) is 0.571. The van der Waals surface area contributed by atoms with Crippen LogP contribution in [0, 0.1) is 11.8 Å². The predicted octanol–water partition coefficient (Wildman–Crippen LogP) is 3.99. The molecule has 13 nitrogen and oxygen atoms in total. The van der Waals surface area contributed by atoms with Gasteiger partial charge in [-0.2, -0.15) is 10.1 Å². The lowest BCUT2D eigenvalue weighted by atomic mass is 10.0. The molecule has 4 aliphatic rings. The fourth-order valence-electron chi connectivity index (χ4n) is 7.66. The SMILES string of the molecule is Cn1nccc1-c1nc(O[C@@H]2C[C@H]3C(=O)N[C@]4(C(=O)O)C[C@H]4C=CCCCCC[C@H](NC(=O)CC4CCCC4)C(=O)N3C2)c2sccc2n1. The summed E-state index contributed by atoms with van der Waals surface area (Å²) in [6, 6.07) is 1.90. The molecule has 0 aromatic carbocycles. The van der Waals surface area contributed by atoms with Crippen LogP contribution in [-0.2, 0) is 26.2 Å². The molecule has 2 saturated carbocycles. The average Bonchev–Trinajstić information content (AvgIpc) is 3.67. The molecular formula is C35H43N7O6S. The highest BCUT2D eigenvalue weighted by Crippen LogP contribution is 2.45. The molecule has 0 radical (unpaired) electrons. The van der Waals surface area contributed by atoms with Crippen molar-refractivity contribution in [2.45, 2.75) is 101 Å². The lowest BCUT2D eigenvalue weighted by Crippen LogP contribution is -2.56. The van der Waals surface area contributed by atoms with E-state index in [-0.39, 0.29) is 30.7 Å². The first kappa shape index (κ1) is 33.2. The molecule has 2 aliphatic carbocycles. The van der Waals surface area contributed by atoms with Gasteiger partial charge in [0.2, 0.25) is 23.6 Å². The van der Waals surface area contributed by atoms with Crippen LogP contribution < -0.4 is 15.4 Å². The highest BCUT2D eigenvalue weighted by atomic mass is 32.1. The Bertz CT molecular complexity index is 1770. The molecule has 3 amide bonds. The van der Waals surface area contributed by atoms with Crippen LogP contribution in [0.2, 0.25) is 0 Å². The van der Waals surface area contributed by atoms with Crippen molar-refractivity contribution >= 4 is 45.2 Å². The van der Waals surface area contributed by atoms with Crippen molar-refractivity contribution in [1.82, 2.24) is 35.3 Å². The maximum atomic E-state index is 14.4. The molecule has 3 fully saturated rings. The molecule has 0 unspecified atom stereocenters. The molecule has 5 heterocycles. The van der Waals surface area contributed by atoms with Crippen molar-refractivity contribution in [2.24, 2.45) is 18.9 Å². The van der Waals surface area contributed by atoms with E-state index in [0.717, 1.165) is 56.1 Å². The third-order valence-electron chi connectivity index (χ3n) is 10.5. The Hall–Kier alpha value is -4.33. The maximum absolute atomic E-state index is 14.4. The zero-order valence-corrected chi connectivity index (χ0v) is 28.5. The van der Waals surface area contributed by atoms with Gasteiger partial charge in [0.1, 0.15) is 34.1 Å². The Kier molecular flexibility index (Phi) is 9.40. The third kappa shape index (κ3) is 6.92. The normalized spacial score (nSPS) is 28.0. The van der Waals surface area contributed by atoms with Crippen LogP contribution in [0.4, 0.5) is 0 Å². The Morgan fingerprint density at radius 3 is 2.71 bits per heavy atom. The van der Waals surface area contributed by atoms with Gasteiger partial charge in [-0.15, -0.1) is 11.3 Å². The molecule has 14 heteroatoms. The highest BCUT2D eigenvalue weighted by Gasteiger charge is 2.61. The van der Waals surface area contributed by atoms with Gasteiger partial charge in [0, 0.05) is 32.0 Å². The number of aryl methyl sites for hydroxylation is 1. The quantitative estimate of drug-likeness (QED) is 0.311. The second kappa shape index (κ2) is 13.9. The van der Waals surface area contributed by atoms with Gasteiger partial charge in [0.15, 0.2) is 5.82 Å². The number of carbonyl (C=O) groups excluding carboxylic acids is 3. The van der Waals surface area contributed by atoms with Crippen molar-refractivity contribution < 1.29 is 29.0 Å². The summed E-state index contributed by atoms with van der Waals surface area (Å²) in [5, 5.41) is 22.2. The van der Waals surface area contributed by atoms with Crippen LogP contribution in [0.25, 0.3) is 21.7 Å². The van der Waals surface area contributed by atoms with Crippen LogP contribution in [0.1, 0.15) is 77.0 Å². The van der Waals surface area contributed by atoms with Gasteiger partial charge in [-0.1, -0.05) is 37.8 Å². The van der Waals surface area contributed by atoms with E-state index in [1.54, 1.807) is 17.9 Å². The number of carboxylic acids is 1. The summed E-state index contributed by atoms with van der Waals surface area (Å²) >= 11 is 1.43. The molecule has 7 rings (SSSR count). The molecule has 0 bridgehead atoms. The van der Waals surface area contributed by atoms with E-state index < -0.39 is 35.6 Å². The van der Waals surface area contributed by atoms with E-state index in [9.17, 15) is 24.3 Å². The monoisotopic (exact) mass is 689 g/mol. The lowest BCUT2D eigenvalue weighted by Gasteiger charge is -2.29. The molecule has 3 aromatic rings. The number of carboxylic acid groups (broad SMARTS) is 1. The Labute approximate surface area is 288 Å². The lowest BCUT2D eigenvalue weighted by molar-refractivity contribution is -0.146. The van der Waals surface area contributed by atoms with Crippen molar-refractivity contribution in [3.8, 4) is 17.4 Å². The zero-order chi connectivity index (χ0) is 34.1. The second-order valence-corrected chi connectivity index (χ2v) is 14.8. The summed E-state index contributed by atoms with van der Waals surface area (Å²) in [5.74, 6) is -1.35. The van der Waals surface area contributed by atoms with Crippen LogP contribution in [0.15, 0.2) is 35.9 Å². The Morgan fingerprint density at radius 1 is 1.12 bits per heavy atom. The van der Waals surface area contributed by atoms with E-state index in [4.69, 9.17) is 14.7 Å². The fourth-order valence-corrected chi connectivity index (χ4v) is 8.42. The van der Waals surface area contributed by atoms with E-state index in [1.807, 2.05) is 29.7 Å². The third-order valence-corrected chi connectivity index (χ3v) is 11.4. The number of aliphatic carboxylic acids is 1. The van der Waals surface area contributed by atoms with Gasteiger partial charge in [-0.25, -0.2) is 9.78 Å². The summed E-state index contributed by atoms with van der Waals surface area (Å²) < 4.78 is 8.93. The van der Waals surface area contributed by atoms with Crippen molar-refractivity contribution in [2.75, 3.05) is 6.54 Å². The second-order valence-electron chi connectivity index (χ2n) is 13.9. The first-order valence-corrected chi connectivity index (χ1v) is 18.3. The summed E-state index contributed by atoms with van der Waals surface area (Å²) in [7, 11) is 1.80. The summed E-state index contributed by atoms with van der Waals surface area (Å²) in [4.78, 5) is 65.1. The average molecular weight is 690 g/mol. The first-order valence-electron chi connectivity index (χ1n) is 17.4. The van der Waals surface area contributed by atoms with Crippen molar-refractivity contribution in [3.05, 3.63) is 35.9 Å². The number of allylic oxidation sites excluding steroid dienone is 1. The standard InChI is InChI=1S/C35H43N7O6S/c1-41-26(13-15-36-41)30-38-24-14-16-49-29(24)32(39-30)48-23-18-27-31(44)40-35(34(46)47)19-22(35)11-5-3-2-4-6-12-25(33(45)42(27)20-23)37-28(43)17-21-9-7-8-10-21/h5,11,13-16,21-23,25,27H,2-4,6-10,12,17-20H2,1H3,(H,37,43)(H,40,44)(H,46,47)/t22-,23-,25+,27+,35-/m1/s1. The number of aromatic nitrogens is 4. The van der Waals surface area contributed by atoms with Gasteiger partial charge in [0.05, 0.1) is 12.1 Å². The molecule has 0 spiro atoms. The molecular weight excluding hydrogens is 646 g/mol. The number of nitrogens with one attached hydrogen (secondary N) is 2. The number of rotatable bonds is 7. The van der Waals surface area contributed by atoms with Crippen molar-refractivity contribution in [3.63, 3.8) is 0 Å². The molecule has 3 aromatic heterocycles.